The van der Waals surface area contributed by atoms with Crippen molar-refractivity contribution in [3.63, 3.8) is 0 Å². The maximum Gasteiger partial charge on any atom is 0.231 e. The van der Waals surface area contributed by atoms with Crippen molar-refractivity contribution in [2.75, 3.05) is 6.79 Å². The molecule has 2 aromatic rings. The van der Waals surface area contributed by atoms with Crippen molar-refractivity contribution in [1.29, 1.82) is 0 Å². The lowest BCUT2D eigenvalue weighted by Gasteiger charge is -2.07. The Kier molecular flexibility index (Phi) is 2.99. The van der Waals surface area contributed by atoms with Crippen LogP contribution in [0.2, 0.25) is 0 Å². The predicted octanol–water partition coefficient (Wildman–Crippen LogP) is 3.95. The van der Waals surface area contributed by atoms with Crippen LogP contribution in [0, 0.1) is 0 Å². The van der Waals surface area contributed by atoms with Crippen molar-refractivity contribution in [2.24, 2.45) is 0 Å². The highest BCUT2D eigenvalue weighted by Crippen LogP contribution is 2.36. The van der Waals surface area contributed by atoms with E-state index in [0.29, 0.717) is 17.4 Å². The van der Waals surface area contributed by atoms with Crippen molar-refractivity contribution in [1.82, 2.24) is 0 Å². The molecule has 0 N–H and O–H groups in total. The Morgan fingerprint density at radius 1 is 1.00 bits per heavy atom. The van der Waals surface area contributed by atoms with E-state index in [4.69, 9.17) is 25.8 Å². The van der Waals surface area contributed by atoms with Crippen molar-refractivity contribution in [3.05, 3.63) is 48.0 Å². The van der Waals surface area contributed by atoms with Crippen LogP contribution < -0.4 is 14.2 Å². The fraction of sp³-hybridized carbons (Fsp3) is 0.143. The number of rotatable bonds is 3. The van der Waals surface area contributed by atoms with E-state index in [1.54, 1.807) is 0 Å². The van der Waals surface area contributed by atoms with E-state index in [9.17, 15) is 0 Å². The zero-order valence-corrected chi connectivity index (χ0v) is 10.3. The molecule has 1 aliphatic heterocycles. The third-order valence-corrected chi connectivity index (χ3v) is 2.94. The average Bonchev–Trinajstić information content (AvgIpc) is 2.86. The van der Waals surface area contributed by atoms with Crippen LogP contribution in [0.1, 0.15) is 5.56 Å². The predicted molar refractivity (Wildman–Crippen MR) is 68.6 cm³/mol. The summed E-state index contributed by atoms with van der Waals surface area (Å²) in [6.45, 7) is 0.264. The molecule has 0 radical (unpaired) electrons. The Morgan fingerprint density at radius 2 is 1.83 bits per heavy atom. The number of halogens is 1. The fourth-order valence-electron chi connectivity index (χ4n) is 1.77. The van der Waals surface area contributed by atoms with Crippen molar-refractivity contribution in [3.8, 4) is 23.0 Å². The topological polar surface area (TPSA) is 27.7 Å². The molecule has 3 rings (SSSR count). The van der Waals surface area contributed by atoms with Gasteiger partial charge in [-0.05, 0) is 29.8 Å². The van der Waals surface area contributed by atoms with E-state index in [1.807, 2.05) is 42.5 Å². The number of hydrogen-bond acceptors (Lipinski definition) is 3. The van der Waals surface area contributed by atoms with Crippen molar-refractivity contribution < 1.29 is 14.2 Å². The Balaban J connectivity index is 1.83. The fourth-order valence-corrected chi connectivity index (χ4v) is 1.93. The summed E-state index contributed by atoms with van der Waals surface area (Å²) in [7, 11) is 0. The van der Waals surface area contributed by atoms with Crippen LogP contribution in [0.15, 0.2) is 42.5 Å². The Bertz CT molecular complexity index is 569. The summed E-state index contributed by atoms with van der Waals surface area (Å²) >= 11 is 5.79. The number of fused-ring (bicyclic) bond motifs is 1. The molecular formula is C14H11ClO3. The minimum atomic E-state index is 0.264. The van der Waals surface area contributed by atoms with Gasteiger partial charge in [0.1, 0.15) is 11.5 Å². The van der Waals surface area contributed by atoms with Gasteiger partial charge in [0, 0.05) is 11.9 Å². The largest absolute Gasteiger partial charge is 0.457 e. The minimum absolute atomic E-state index is 0.264. The van der Waals surface area contributed by atoms with Gasteiger partial charge in [-0.2, -0.15) is 0 Å². The zero-order chi connectivity index (χ0) is 12.4. The van der Waals surface area contributed by atoms with Gasteiger partial charge in [0.15, 0.2) is 11.5 Å². The summed E-state index contributed by atoms with van der Waals surface area (Å²) in [6, 6.07) is 13.2. The van der Waals surface area contributed by atoms with Crippen molar-refractivity contribution in [2.45, 2.75) is 5.88 Å². The first-order valence-electron chi connectivity index (χ1n) is 5.57. The van der Waals surface area contributed by atoms with E-state index in [-0.39, 0.29) is 6.79 Å². The summed E-state index contributed by atoms with van der Waals surface area (Å²) in [4.78, 5) is 0. The molecule has 0 saturated carbocycles. The number of ether oxygens (including phenoxy) is 3. The van der Waals surface area contributed by atoms with Crippen molar-refractivity contribution >= 4 is 11.6 Å². The summed E-state index contributed by atoms with van der Waals surface area (Å²) < 4.78 is 16.3. The highest BCUT2D eigenvalue weighted by atomic mass is 35.5. The molecule has 1 heterocycles. The smallest absolute Gasteiger partial charge is 0.231 e. The summed E-state index contributed by atoms with van der Waals surface area (Å²) in [5.41, 5.74) is 1.02. The molecule has 0 spiro atoms. The summed E-state index contributed by atoms with van der Waals surface area (Å²) in [5.74, 6) is 3.40. The molecule has 0 bridgehead atoms. The standard InChI is InChI=1S/C14H11ClO3/c15-8-10-2-1-3-11(6-10)18-12-4-5-13-14(7-12)17-9-16-13/h1-7H,8-9H2. The lowest BCUT2D eigenvalue weighted by atomic mass is 10.2. The number of alkyl halides is 1. The van der Waals surface area contributed by atoms with Gasteiger partial charge in [-0.1, -0.05) is 12.1 Å². The molecule has 0 atom stereocenters. The van der Waals surface area contributed by atoms with Crippen LogP contribution in [0.25, 0.3) is 0 Å². The molecule has 1 aliphatic rings. The van der Waals surface area contributed by atoms with E-state index >= 15 is 0 Å². The summed E-state index contributed by atoms with van der Waals surface area (Å²) in [6.07, 6.45) is 0. The third kappa shape index (κ3) is 2.22. The number of benzene rings is 2. The van der Waals surface area contributed by atoms with E-state index in [2.05, 4.69) is 0 Å². The van der Waals surface area contributed by atoms with E-state index in [0.717, 1.165) is 17.1 Å². The van der Waals surface area contributed by atoms with E-state index in [1.165, 1.54) is 0 Å². The van der Waals surface area contributed by atoms with Gasteiger partial charge in [0.2, 0.25) is 6.79 Å². The first-order chi connectivity index (χ1) is 8.85. The molecule has 92 valence electrons. The number of hydrogen-bond donors (Lipinski definition) is 0. The second-order valence-electron chi connectivity index (χ2n) is 3.90. The SMILES string of the molecule is ClCc1cccc(Oc2ccc3c(c2)OCO3)c1. The van der Waals surface area contributed by atoms with Gasteiger partial charge in [-0.25, -0.2) is 0 Å². The monoisotopic (exact) mass is 262 g/mol. The van der Waals surface area contributed by atoms with Gasteiger partial charge in [0.25, 0.3) is 0 Å². The van der Waals surface area contributed by atoms with Gasteiger partial charge < -0.3 is 14.2 Å². The molecule has 0 aromatic heterocycles. The lowest BCUT2D eigenvalue weighted by molar-refractivity contribution is 0.174. The van der Waals surface area contributed by atoms with Gasteiger partial charge >= 0.3 is 0 Å². The van der Waals surface area contributed by atoms with Gasteiger partial charge in [0.05, 0.1) is 0 Å². The molecular weight excluding hydrogens is 252 g/mol. The first kappa shape index (κ1) is 11.2. The molecule has 2 aromatic carbocycles. The van der Waals surface area contributed by atoms with Gasteiger partial charge in [-0.15, -0.1) is 11.6 Å². The maximum absolute atomic E-state index is 5.79. The molecule has 3 nitrogen and oxygen atoms in total. The molecule has 18 heavy (non-hydrogen) atoms. The normalized spacial score (nSPS) is 12.5. The molecule has 0 saturated heterocycles. The first-order valence-corrected chi connectivity index (χ1v) is 6.11. The highest BCUT2D eigenvalue weighted by molar-refractivity contribution is 6.17. The quantitative estimate of drug-likeness (QED) is 0.784. The second-order valence-corrected chi connectivity index (χ2v) is 4.17. The second kappa shape index (κ2) is 4.78. The summed E-state index contributed by atoms with van der Waals surface area (Å²) in [5, 5.41) is 0. The zero-order valence-electron chi connectivity index (χ0n) is 9.56. The third-order valence-electron chi connectivity index (χ3n) is 2.63. The lowest BCUT2D eigenvalue weighted by Crippen LogP contribution is -1.92. The Hall–Kier alpha value is -1.87. The van der Waals surface area contributed by atoms with E-state index < -0.39 is 0 Å². The molecule has 0 fully saturated rings. The van der Waals surface area contributed by atoms with Crippen LogP contribution in [0.3, 0.4) is 0 Å². The highest BCUT2D eigenvalue weighted by Gasteiger charge is 2.13. The van der Waals surface area contributed by atoms with Crippen LogP contribution in [0.4, 0.5) is 0 Å². The van der Waals surface area contributed by atoms with Crippen LogP contribution >= 0.6 is 11.6 Å². The van der Waals surface area contributed by atoms with Gasteiger partial charge in [-0.3, -0.25) is 0 Å². The Morgan fingerprint density at radius 3 is 2.72 bits per heavy atom. The minimum Gasteiger partial charge on any atom is -0.457 e. The van der Waals surface area contributed by atoms with Crippen LogP contribution in [-0.4, -0.2) is 6.79 Å². The molecule has 4 heteroatoms. The molecule has 0 aliphatic carbocycles. The van der Waals surface area contributed by atoms with Crippen LogP contribution in [-0.2, 0) is 5.88 Å². The Labute approximate surface area is 110 Å². The average molecular weight is 263 g/mol. The maximum atomic E-state index is 5.79. The molecule has 0 amide bonds. The van der Waals surface area contributed by atoms with Crippen LogP contribution in [0.5, 0.6) is 23.0 Å². The molecule has 0 unspecified atom stereocenters.